The van der Waals surface area contributed by atoms with Gasteiger partial charge in [-0.2, -0.15) is 0 Å². The molecule has 0 unspecified atom stereocenters. The predicted octanol–water partition coefficient (Wildman–Crippen LogP) is 4.88. The number of piperidine rings is 1. The topological polar surface area (TPSA) is 75.3 Å². The van der Waals surface area contributed by atoms with E-state index in [0.29, 0.717) is 39.6 Å². The fraction of sp³-hybridized carbons (Fsp3) is 0.250. The Morgan fingerprint density at radius 3 is 2.54 bits per heavy atom. The third-order valence-electron chi connectivity index (χ3n) is 4.68. The van der Waals surface area contributed by atoms with E-state index in [2.05, 4.69) is 9.97 Å². The molecular formula is C20H17Cl2N3O3. The van der Waals surface area contributed by atoms with Crippen LogP contribution < -0.4 is 10.3 Å². The number of hydrogen-bond acceptors (Lipinski definition) is 4. The number of nitrogens with zero attached hydrogens (tertiary/aromatic N) is 2. The summed E-state index contributed by atoms with van der Waals surface area (Å²) >= 11 is 12.1. The number of amides is 1. The van der Waals surface area contributed by atoms with Crippen LogP contribution in [0.2, 0.25) is 10.0 Å². The molecule has 1 N–H and O–H groups in total. The Kier molecular flexibility index (Phi) is 5.24. The summed E-state index contributed by atoms with van der Waals surface area (Å²) in [5.41, 5.74) is 0.582. The van der Waals surface area contributed by atoms with E-state index in [1.165, 1.54) is 0 Å². The van der Waals surface area contributed by atoms with Gasteiger partial charge in [0.1, 0.15) is 11.6 Å². The Labute approximate surface area is 171 Å². The Morgan fingerprint density at radius 1 is 1.04 bits per heavy atom. The molecule has 1 saturated heterocycles. The number of rotatable bonds is 2. The van der Waals surface area contributed by atoms with Crippen molar-refractivity contribution < 1.29 is 9.53 Å². The van der Waals surface area contributed by atoms with Gasteiger partial charge in [-0.25, -0.2) is 9.78 Å². The summed E-state index contributed by atoms with van der Waals surface area (Å²) in [6.45, 7) is 1.35. The van der Waals surface area contributed by atoms with Crippen LogP contribution in [-0.2, 0) is 0 Å². The second kappa shape index (κ2) is 7.81. The molecule has 1 aromatic heterocycles. The first-order valence-electron chi connectivity index (χ1n) is 8.97. The Morgan fingerprint density at radius 2 is 1.75 bits per heavy atom. The first kappa shape index (κ1) is 18.8. The quantitative estimate of drug-likeness (QED) is 0.644. The number of fused-ring (bicyclic) bond motifs is 1. The monoisotopic (exact) mass is 417 g/mol. The molecule has 8 heteroatoms. The lowest BCUT2D eigenvalue weighted by atomic mass is 10.1. The van der Waals surface area contributed by atoms with E-state index in [9.17, 15) is 9.59 Å². The second-order valence-corrected chi connectivity index (χ2v) is 7.51. The molecule has 0 atom stereocenters. The molecule has 0 aliphatic carbocycles. The number of H-pyrrole nitrogens is 1. The van der Waals surface area contributed by atoms with Crippen LogP contribution in [0.5, 0.6) is 5.75 Å². The highest BCUT2D eigenvalue weighted by Gasteiger charge is 2.21. The van der Waals surface area contributed by atoms with Crippen molar-refractivity contribution in [3.8, 4) is 17.1 Å². The standard InChI is InChI=1S/C20H17Cl2N3O3/c21-12-4-6-16-14(10-12)19(26)24-18(23-16)15-11-13(22)5-7-17(15)28-20(27)25-8-2-1-3-9-25/h4-7,10-11H,1-3,8-9H2,(H,23,24,26). The molecule has 0 spiro atoms. The van der Waals surface area contributed by atoms with Crippen molar-refractivity contribution in [3.63, 3.8) is 0 Å². The Hall–Kier alpha value is -2.57. The third kappa shape index (κ3) is 3.84. The van der Waals surface area contributed by atoms with Gasteiger partial charge >= 0.3 is 6.09 Å². The van der Waals surface area contributed by atoms with Crippen LogP contribution in [0.4, 0.5) is 4.79 Å². The maximum absolute atomic E-state index is 12.5. The van der Waals surface area contributed by atoms with Gasteiger partial charge < -0.3 is 14.6 Å². The fourth-order valence-electron chi connectivity index (χ4n) is 3.25. The number of halogens is 2. The lowest BCUT2D eigenvalue weighted by Crippen LogP contribution is -2.37. The number of ether oxygens (including phenoxy) is 1. The van der Waals surface area contributed by atoms with Crippen molar-refractivity contribution in [2.45, 2.75) is 19.3 Å². The maximum Gasteiger partial charge on any atom is 0.415 e. The van der Waals surface area contributed by atoms with Crippen molar-refractivity contribution in [1.82, 2.24) is 14.9 Å². The van der Waals surface area contributed by atoms with Gasteiger partial charge in [0.2, 0.25) is 0 Å². The molecule has 0 radical (unpaired) electrons. The highest BCUT2D eigenvalue weighted by Crippen LogP contribution is 2.31. The Bertz CT molecular complexity index is 1110. The lowest BCUT2D eigenvalue weighted by molar-refractivity contribution is 0.143. The minimum absolute atomic E-state index is 0.267. The van der Waals surface area contributed by atoms with Crippen molar-refractivity contribution in [2.24, 2.45) is 0 Å². The number of likely N-dealkylation sites (tertiary alicyclic amines) is 1. The molecule has 6 nitrogen and oxygen atoms in total. The highest BCUT2D eigenvalue weighted by molar-refractivity contribution is 6.31. The van der Waals surface area contributed by atoms with Gasteiger partial charge in [0.05, 0.1) is 16.5 Å². The summed E-state index contributed by atoms with van der Waals surface area (Å²) in [6.07, 6.45) is 2.62. The summed E-state index contributed by atoms with van der Waals surface area (Å²) in [6, 6.07) is 9.73. The van der Waals surface area contributed by atoms with E-state index in [4.69, 9.17) is 27.9 Å². The van der Waals surface area contributed by atoms with Crippen LogP contribution in [0.25, 0.3) is 22.3 Å². The van der Waals surface area contributed by atoms with Crippen molar-refractivity contribution in [1.29, 1.82) is 0 Å². The molecule has 1 amide bonds. The predicted molar refractivity (Wildman–Crippen MR) is 109 cm³/mol. The molecule has 0 bridgehead atoms. The molecule has 0 saturated carbocycles. The minimum Gasteiger partial charge on any atom is -0.409 e. The van der Waals surface area contributed by atoms with Gasteiger partial charge in [0.25, 0.3) is 5.56 Å². The molecule has 144 valence electrons. The van der Waals surface area contributed by atoms with E-state index in [0.717, 1.165) is 19.3 Å². The third-order valence-corrected chi connectivity index (χ3v) is 5.15. The number of benzene rings is 2. The SMILES string of the molecule is O=C(Oc1ccc(Cl)cc1-c1nc2ccc(Cl)cc2c(=O)[nH]1)N1CCCCC1. The summed E-state index contributed by atoms with van der Waals surface area (Å²) in [5.74, 6) is 0.556. The lowest BCUT2D eigenvalue weighted by Gasteiger charge is -2.26. The molecule has 1 fully saturated rings. The summed E-state index contributed by atoms with van der Waals surface area (Å²) < 4.78 is 5.61. The van der Waals surface area contributed by atoms with Crippen LogP contribution in [0.1, 0.15) is 19.3 Å². The highest BCUT2D eigenvalue weighted by atomic mass is 35.5. The van der Waals surface area contributed by atoms with Gasteiger partial charge in [-0.05, 0) is 55.7 Å². The van der Waals surface area contributed by atoms with Gasteiger partial charge in [0.15, 0.2) is 0 Å². The normalized spacial score (nSPS) is 14.3. The summed E-state index contributed by atoms with van der Waals surface area (Å²) in [4.78, 5) is 33.9. The zero-order chi connectivity index (χ0) is 19.7. The van der Waals surface area contributed by atoms with Gasteiger partial charge in [-0.1, -0.05) is 23.2 Å². The average Bonchev–Trinajstić information content (AvgIpc) is 2.70. The maximum atomic E-state index is 12.5. The van der Waals surface area contributed by atoms with Crippen molar-refractivity contribution >= 4 is 40.2 Å². The zero-order valence-corrected chi connectivity index (χ0v) is 16.4. The zero-order valence-electron chi connectivity index (χ0n) is 14.9. The van der Waals surface area contributed by atoms with E-state index in [1.54, 1.807) is 41.3 Å². The first-order chi connectivity index (χ1) is 13.5. The number of hydrogen-bond donors (Lipinski definition) is 1. The van der Waals surface area contributed by atoms with Crippen LogP contribution in [0.15, 0.2) is 41.2 Å². The van der Waals surface area contributed by atoms with E-state index in [-0.39, 0.29) is 17.1 Å². The first-order valence-corrected chi connectivity index (χ1v) is 9.73. The van der Waals surface area contributed by atoms with E-state index in [1.807, 2.05) is 0 Å². The van der Waals surface area contributed by atoms with E-state index < -0.39 is 6.09 Å². The molecule has 4 rings (SSSR count). The molecule has 2 aromatic carbocycles. The molecule has 1 aliphatic heterocycles. The van der Waals surface area contributed by atoms with Crippen LogP contribution >= 0.6 is 23.2 Å². The largest absolute Gasteiger partial charge is 0.415 e. The molecule has 2 heterocycles. The Balaban J connectivity index is 1.74. The van der Waals surface area contributed by atoms with Crippen LogP contribution in [0.3, 0.4) is 0 Å². The number of aromatic amines is 1. The number of carbonyl (C=O) groups excluding carboxylic acids is 1. The molecule has 1 aliphatic rings. The number of nitrogens with one attached hydrogen (secondary N) is 1. The fourth-order valence-corrected chi connectivity index (χ4v) is 3.59. The van der Waals surface area contributed by atoms with Crippen molar-refractivity contribution in [3.05, 3.63) is 56.8 Å². The average molecular weight is 418 g/mol. The van der Waals surface area contributed by atoms with Gasteiger partial charge in [-0.3, -0.25) is 4.79 Å². The van der Waals surface area contributed by atoms with E-state index >= 15 is 0 Å². The smallest absolute Gasteiger partial charge is 0.409 e. The van der Waals surface area contributed by atoms with Crippen LogP contribution in [0, 0.1) is 0 Å². The van der Waals surface area contributed by atoms with Crippen LogP contribution in [-0.4, -0.2) is 34.1 Å². The number of aromatic nitrogens is 2. The minimum atomic E-state index is -0.418. The molecule has 28 heavy (non-hydrogen) atoms. The van der Waals surface area contributed by atoms with Gasteiger partial charge in [0, 0.05) is 23.1 Å². The van der Waals surface area contributed by atoms with Crippen molar-refractivity contribution in [2.75, 3.05) is 13.1 Å². The molecular weight excluding hydrogens is 401 g/mol. The summed E-state index contributed by atoms with van der Waals surface area (Å²) in [7, 11) is 0. The van der Waals surface area contributed by atoms with Gasteiger partial charge in [-0.15, -0.1) is 0 Å². The number of carbonyl (C=O) groups is 1. The molecule has 3 aromatic rings. The summed E-state index contributed by atoms with van der Waals surface area (Å²) in [5, 5.41) is 1.27. The second-order valence-electron chi connectivity index (χ2n) is 6.63.